The van der Waals surface area contributed by atoms with Gasteiger partial charge < -0.3 is 0 Å². The first kappa shape index (κ1) is 32.2. The third-order valence-electron chi connectivity index (χ3n) is 8.46. The average molecular weight is 886 g/mol. The molecule has 0 aliphatic carbocycles. The van der Waals surface area contributed by atoms with E-state index in [1.54, 1.807) is 0 Å². The number of rotatable bonds is 8. The molecule has 0 spiro atoms. The van der Waals surface area contributed by atoms with Crippen molar-refractivity contribution in [2.45, 2.75) is 0 Å². The first-order valence-electron chi connectivity index (χ1n) is 14.7. The zero-order valence-electron chi connectivity index (χ0n) is 24.5. The van der Waals surface area contributed by atoms with Crippen molar-refractivity contribution >= 4 is 53.2 Å². The number of benzene rings is 6. The molecule has 0 saturated heterocycles. The van der Waals surface area contributed by atoms with Crippen molar-refractivity contribution in [1.29, 1.82) is 10.5 Å². The fourth-order valence-electron chi connectivity index (χ4n) is 6.65. The van der Waals surface area contributed by atoms with Gasteiger partial charge in [-0.1, -0.05) is 0 Å². The van der Waals surface area contributed by atoms with E-state index in [1.165, 1.54) is 0 Å². The van der Waals surface area contributed by atoms with Crippen molar-refractivity contribution in [1.82, 2.24) is 0 Å². The molecule has 0 amide bonds. The molecular formula is C40H32As2N2Pt. The van der Waals surface area contributed by atoms with Crippen LogP contribution in [0, 0.1) is 22.7 Å². The van der Waals surface area contributed by atoms with Gasteiger partial charge in [0.1, 0.15) is 0 Å². The maximum atomic E-state index is 11.6. The van der Waals surface area contributed by atoms with Crippen molar-refractivity contribution in [2.24, 2.45) is 0 Å². The molecule has 0 radical (unpaired) electrons. The topological polar surface area (TPSA) is 47.6 Å². The quantitative estimate of drug-likeness (QED) is 0.170. The molecule has 0 atom stereocenters. The number of hydrogen-bond donors (Lipinski definition) is 0. The van der Waals surface area contributed by atoms with Gasteiger partial charge >= 0.3 is 267 Å². The molecule has 6 aromatic carbocycles. The zero-order chi connectivity index (χ0) is 30.2. The Morgan fingerprint density at radius 2 is 0.467 bits per heavy atom. The van der Waals surface area contributed by atoms with Crippen LogP contribution in [0.1, 0.15) is 0 Å². The molecule has 0 bridgehead atoms. The molecule has 0 unspecified atom stereocenters. The largest absolute Gasteiger partial charge is 0 e. The average Bonchev–Trinajstić information content (AvgIpc) is 3.12. The van der Waals surface area contributed by atoms with Crippen LogP contribution in [0.4, 0.5) is 0 Å². The summed E-state index contributed by atoms with van der Waals surface area (Å²) >= 11 is -8.19. The predicted octanol–water partition coefficient (Wildman–Crippen LogP) is 4.21. The fourth-order valence-corrected chi connectivity index (χ4v) is 29.8. The molecule has 0 fully saturated rings. The van der Waals surface area contributed by atoms with Crippen LogP contribution in [0.5, 0.6) is 0 Å². The maximum absolute atomic E-state index is 11.6. The van der Waals surface area contributed by atoms with Gasteiger partial charge in [0.05, 0.1) is 0 Å². The maximum Gasteiger partial charge on any atom is 0 e. The van der Waals surface area contributed by atoms with Gasteiger partial charge in [0, 0.05) is 21.1 Å². The summed E-state index contributed by atoms with van der Waals surface area (Å²) in [5.74, 6) is 0. The normalized spacial score (nSPS) is 12.4. The second-order valence-corrected chi connectivity index (χ2v) is 26.3. The Bertz CT molecular complexity index is 1610. The van der Waals surface area contributed by atoms with Gasteiger partial charge in [-0.15, -0.1) is 0 Å². The van der Waals surface area contributed by atoms with Crippen LogP contribution in [-0.4, -0.2) is 27.1 Å². The SMILES string of the molecule is N#CC(=C(C#N)[AsH](c1ccccc1)(c1ccccc1)c1ccccc1)[AsH](c1ccccc1)(c1ccccc1)c1ccccc1.[Pt]. The molecule has 2 nitrogen and oxygen atoms in total. The molecule has 0 aliphatic rings. The third kappa shape index (κ3) is 5.72. The number of allylic oxidation sites excluding steroid dienone is 2. The third-order valence-corrected chi connectivity index (χ3v) is 29.3. The Morgan fingerprint density at radius 1 is 0.311 bits per heavy atom. The van der Waals surface area contributed by atoms with Gasteiger partial charge in [0.25, 0.3) is 0 Å². The molecule has 0 saturated carbocycles. The monoisotopic (exact) mass is 885 g/mol. The molecule has 0 aromatic heterocycles. The summed E-state index contributed by atoms with van der Waals surface area (Å²) in [6.45, 7) is 0. The van der Waals surface area contributed by atoms with E-state index in [0.29, 0.717) is 8.72 Å². The summed E-state index contributed by atoms with van der Waals surface area (Å²) in [6.07, 6.45) is 0. The molecule has 45 heavy (non-hydrogen) atoms. The standard InChI is InChI=1S/C40H32As2N2.Pt/c43-31-39(41(33-19-7-1-8-20-33,34-21-9-2-10-22-34)35-23-11-3-12-24-35)40(32-44)42(36-25-13-4-14-26-36,37-27-15-5-16-28-37)38-29-17-6-18-30-38;/h1-30,41-42H;. The van der Waals surface area contributed by atoms with Crippen LogP contribution < -0.4 is 26.1 Å². The zero-order valence-corrected chi connectivity index (χ0v) is 31.0. The Kier molecular flexibility index (Phi) is 10.6. The number of nitrogens with zero attached hydrogens (tertiary/aromatic N) is 2. The molecule has 222 valence electrons. The van der Waals surface area contributed by atoms with Crippen LogP contribution in [0.3, 0.4) is 0 Å². The van der Waals surface area contributed by atoms with Crippen molar-refractivity contribution in [2.75, 3.05) is 0 Å². The smallest absolute Gasteiger partial charge is 0 e. The molecule has 0 heterocycles. The summed E-state index contributed by atoms with van der Waals surface area (Å²) in [5, 5.41) is 23.1. The summed E-state index contributed by atoms with van der Waals surface area (Å²) in [7, 11) is 0. The molecular weight excluding hydrogens is 853 g/mol. The first-order valence-corrected chi connectivity index (χ1v) is 23.1. The minimum atomic E-state index is -4.09. The van der Waals surface area contributed by atoms with Crippen LogP contribution in [-0.2, 0) is 21.1 Å². The minimum absolute atomic E-state index is 0. The van der Waals surface area contributed by atoms with Crippen molar-refractivity contribution in [3.05, 3.63) is 191 Å². The van der Waals surface area contributed by atoms with E-state index in [0.717, 1.165) is 26.1 Å². The van der Waals surface area contributed by atoms with Gasteiger partial charge in [-0.3, -0.25) is 0 Å². The molecule has 0 aliphatic heterocycles. The Labute approximate surface area is 285 Å². The predicted molar refractivity (Wildman–Crippen MR) is 189 cm³/mol. The Morgan fingerprint density at radius 3 is 0.600 bits per heavy atom. The van der Waals surface area contributed by atoms with Crippen LogP contribution in [0.25, 0.3) is 0 Å². The molecule has 6 aromatic rings. The fraction of sp³-hybridized carbons (Fsp3) is 0. The van der Waals surface area contributed by atoms with Gasteiger partial charge in [-0.05, 0) is 0 Å². The second kappa shape index (κ2) is 14.8. The van der Waals surface area contributed by atoms with E-state index >= 15 is 0 Å². The van der Waals surface area contributed by atoms with E-state index in [4.69, 9.17) is 0 Å². The van der Waals surface area contributed by atoms with Crippen LogP contribution >= 0.6 is 0 Å². The van der Waals surface area contributed by atoms with Crippen molar-refractivity contribution in [3.63, 3.8) is 0 Å². The van der Waals surface area contributed by atoms with Gasteiger partial charge in [0.15, 0.2) is 0 Å². The summed E-state index contributed by atoms with van der Waals surface area (Å²) in [4.78, 5) is 0. The first-order chi connectivity index (χ1) is 21.8. The van der Waals surface area contributed by atoms with Gasteiger partial charge in [0.2, 0.25) is 0 Å². The second-order valence-electron chi connectivity index (χ2n) is 10.7. The van der Waals surface area contributed by atoms with E-state index in [2.05, 4.69) is 158 Å². The van der Waals surface area contributed by atoms with Gasteiger partial charge in [-0.2, -0.15) is 0 Å². The molecule has 0 N–H and O–H groups in total. The minimum Gasteiger partial charge on any atom is 0 e. The van der Waals surface area contributed by atoms with E-state index in [9.17, 15) is 10.5 Å². The van der Waals surface area contributed by atoms with Crippen LogP contribution in [0.2, 0.25) is 0 Å². The van der Waals surface area contributed by atoms with E-state index in [-0.39, 0.29) is 21.1 Å². The van der Waals surface area contributed by atoms with E-state index in [1.807, 2.05) is 36.4 Å². The summed E-state index contributed by atoms with van der Waals surface area (Å²) in [5.41, 5.74) is 0. The van der Waals surface area contributed by atoms with Crippen LogP contribution in [0.15, 0.2) is 191 Å². The van der Waals surface area contributed by atoms with Crippen molar-refractivity contribution in [3.8, 4) is 12.1 Å². The Hall–Kier alpha value is -4.15. The molecule has 6 rings (SSSR count). The van der Waals surface area contributed by atoms with E-state index < -0.39 is 27.1 Å². The summed E-state index contributed by atoms with van der Waals surface area (Å²) in [6, 6.07) is 68.3. The summed E-state index contributed by atoms with van der Waals surface area (Å²) < 4.78 is 8.04. The van der Waals surface area contributed by atoms with Crippen molar-refractivity contribution < 1.29 is 21.1 Å². The molecule has 5 heteroatoms. The number of hydrogen-bond acceptors (Lipinski definition) is 2. The number of nitriles is 2. The Balaban J connectivity index is 0.00000400. The van der Waals surface area contributed by atoms with Gasteiger partial charge in [-0.25, -0.2) is 0 Å².